The zero-order chi connectivity index (χ0) is 13.7. The predicted octanol–water partition coefficient (Wildman–Crippen LogP) is 0.366. The molecule has 2 N–H and O–H groups in total. The van der Waals surface area contributed by atoms with Crippen molar-refractivity contribution in [3.63, 3.8) is 0 Å². The summed E-state index contributed by atoms with van der Waals surface area (Å²) in [5, 5.41) is 0. The zero-order valence-electron chi connectivity index (χ0n) is 11.6. The topological polar surface area (TPSA) is 49.6 Å². The van der Waals surface area contributed by atoms with Crippen LogP contribution in [0.3, 0.4) is 0 Å². The first-order chi connectivity index (χ1) is 9.19. The fraction of sp³-hybridized carbons (Fsp3) is 0.500. The molecule has 1 aromatic carbocycles. The molecule has 1 aromatic rings. The summed E-state index contributed by atoms with van der Waals surface area (Å²) in [6.07, 6.45) is 0.988. The van der Waals surface area contributed by atoms with Crippen LogP contribution >= 0.6 is 0 Å². The van der Waals surface area contributed by atoms with Gasteiger partial charge >= 0.3 is 0 Å². The van der Waals surface area contributed by atoms with E-state index in [1.165, 1.54) is 11.1 Å². The minimum absolute atomic E-state index is 0.0981. The van der Waals surface area contributed by atoms with Crippen LogP contribution in [0.1, 0.15) is 24.1 Å². The minimum atomic E-state index is 0.0981. The van der Waals surface area contributed by atoms with Crippen molar-refractivity contribution in [3.8, 4) is 0 Å². The minimum Gasteiger partial charge on any atom is -0.336 e. The molecule has 1 fully saturated rings. The average Bonchev–Trinajstić information content (AvgIpc) is 2.42. The monoisotopic (exact) mass is 259 g/mol. The van der Waals surface area contributed by atoms with Crippen LogP contribution in [0.25, 0.3) is 0 Å². The zero-order valence-corrected chi connectivity index (χ0v) is 11.6. The standard InChI is InChI=1S/C14H22BN3O/c1-12(16)14-4-2-13(3-5-14)10-17-6-8-18(9-7-17)15-11-19/h2-5,11-12,15H,6-10,16H2,1H3/t12-/m0/s1. The lowest BCUT2D eigenvalue weighted by Gasteiger charge is -2.33. The van der Waals surface area contributed by atoms with Gasteiger partial charge in [-0.2, -0.15) is 0 Å². The molecule has 0 amide bonds. The highest BCUT2D eigenvalue weighted by atomic mass is 16.1. The molecule has 0 aliphatic carbocycles. The van der Waals surface area contributed by atoms with Gasteiger partial charge in [0.05, 0.1) is 6.19 Å². The van der Waals surface area contributed by atoms with Gasteiger partial charge in [0.1, 0.15) is 0 Å². The van der Waals surface area contributed by atoms with E-state index < -0.39 is 0 Å². The van der Waals surface area contributed by atoms with Gasteiger partial charge in [-0.15, -0.1) is 0 Å². The molecule has 19 heavy (non-hydrogen) atoms. The Labute approximate surface area is 115 Å². The molecule has 1 saturated heterocycles. The van der Waals surface area contributed by atoms with Gasteiger partial charge in [0, 0.05) is 38.8 Å². The lowest BCUT2D eigenvalue weighted by molar-refractivity contribution is 0.183. The maximum absolute atomic E-state index is 10.5. The molecule has 0 unspecified atom stereocenters. The van der Waals surface area contributed by atoms with Gasteiger partial charge in [-0.05, 0) is 18.1 Å². The second-order valence-electron chi connectivity index (χ2n) is 5.27. The highest BCUT2D eigenvalue weighted by Crippen LogP contribution is 2.13. The van der Waals surface area contributed by atoms with E-state index in [9.17, 15) is 4.79 Å². The Balaban J connectivity index is 1.83. The lowest BCUT2D eigenvalue weighted by atomic mass is 9.93. The molecule has 2 rings (SSSR count). The smallest absolute Gasteiger partial charge is 0.281 e. The molecule has 0 saturated carbocycles. The number of rotatable bonds is 5. The first-order valence-corrected chi connectivity index (χ1v) is 6.92. The van der Waals surface area contributed by atoms with Gasteiger partial charge in [-0.25, -0.2) is 0 Å². The van der Waals surface area contributed by atoms with Crippen molar-refractivity contribution in [2.24, 2.45) is 5.73 Å². The summed E-state index contributed by atoms with van der Waals surface area (Å²) >= 11 is 0. The maximum Gasteiger partial charge on any atom is 0.281 e. The third-order valence-electron chi connectivity index (χ3n) is 3.71. The number of carbonyl (C=O) groups excluding carboxylic acids is 1. The lowest BCUT2D eigenvalue weighted by Crippen LogP contribution is -2.47. The third-order valence-corrected chi connectivity index (χ3v) is 3.71. The summed E-state index contributed by atoms with van der Waals surface area (Å²) in [5.74, 6) is 0. The Hall–Kier alpha value is -1.17. The Kier molecular flexibility index (Phi) is 5.13. The quantitative estimate of drug-likeness (QED) is 0.613. The summed E-state index contributed by atoms with van der Waals surface area (Å²) < 4.78 is 0. The molecule has 1 aliphatic heterocycles. The fourth-order valence-electron chi connectivity index (χ4n) is 2.42. The van der Waals surface area contributed by atoms with Gasteiger partial charge in [0.25, 0.3) is 7.41 Å². The number of piperazine rings is 1. The molecule has 1 heterocycles. The second kappa shape index (κ2) is 6.84. The Morgan fingerprint density at radius 1 is 1.26 bits per heavy atom. The first-order valence-electron chi connectivity index (χ1n) is 6.92. The summed E-state index contributed by atoms with van der Waals surface area (Å²) in [4.78, 5) is 15.1. The number of nitrogens with two attached hydrogens (primary N) is 1. The van der Waals surface area contributed by atoms with E-state index in [0.717, 1.165) is 38.9 Å². The molecule has 0 aromatic heterocycles. The van der Waals surface area contributed by atoms with Crippen molar-refractivity contribution in [2.45, 2.75) is 19.5 Å². The largest absolute Gasteiger partial charge is 0.336 e. The SMILES string of the molecule is C[C@H](N)c1ccc(CN2CCN(BC=O)CC2)cc1. The molecular formula is C14H22BN3O. The maximum atomic E-state index is 10.5. The molecule has 5 heteroatoms. The first kappa shape index (κ1) is 14.2. The molecule has 0 radical (unpaired) electrons. The van der Waals surface area contributed by atoms with Crippen molar-refractivity contribution in [3.05, 3.63) is 35.4 Å². The van der Waals surface area contributed by atoms with Crippen molar-refractivity contribution in [2.75, 3.05) is 26.2 Å². The van der Waals surface area contributed by atoms with E-state index >= 15 is 0 Å². The molecule has 102 valence electrons. The van der Waals surface area contributed by atoms with Gasteiger partial charge in [0.2, 0.25) is 0 Å². The Morgan fingerprint density at radius 3 is 2.42 bits per heavy atom. The number of benzene rings is 1. The Morgan fingerprint density at radius 2 is 1.89 bits per heavy atom. The van der Waals surface area contributed by atoms with E-state index in [0.29, 0.717) is 7.41 Å². The number of hydrogen-bond acceptors (Lipinski definition) is 4. The van der Waals surface area contributed by atoms with Crippen LogP contribution in [-0.2, 0) is 11.3 Å². The summed E-state index contributed by atoms with van der Waals surface area (Å²) in [6, 6.07) is 8.65. The summed E-state index contributed by atoms with van der Waals surface area (Å²) in [6.45, 7) is 7.01. The van der Waals surface area contributed by atoms with Crippen LogP contribution in [0.5, 0.6) is 0 Å². The van der Waals surface area contributed by atoms with Crippen molar-refractivity contribution < 1.29 is 4.79 Å². The van der Waals surface area contributed by atoms with E-state index in [1.807, 2.05) is 6.92 Å². The molecular weight excluding hydrogens is 237 g/mol. The molecule has 1 atom stereocenters. The second-order valence-corrected chi connectivity index (χ2v) is 5.27. The van der Waals surface area contributed by atoms with Crippen LogP contribution < -0.4 is 5.73 Å². The third kappa shape index (κ3) is 4.16. The number of hydrogen-bond donors (Lipinski definition) is 1. The molecule has 0 bridgehead atoms. The van der Waals surface area contributed by atoms with Crippen LogP contribution in [0.4, 0.5) is 0 Å². The number of carbonyl (C=O) groups is 1. The average molecular weight is 259 g/mol. The van der Waals surface area contributed by atoms with E-state index in [4.69, 9.17) is 5.73 Å². The highest BCUT2D eigenvalue weighted by Gasteiger charge is 2.16. The molecule has 0 spiro atoms. The normalized spacial score (nSPS) is 19.1. The highest BCUT2D eigenvalue weighted by molar-refractivity contribution is 6.64. The van der Waals surface area contributed by atoms with Crippen LogP contribution in [0.15, 0.2) is 24.3 Å². The van der Waals surface area contributed by atoms with Crippen molar-refractivity contribution >= 4 is 13.6 Å². The Bertz CT molecular complexity index is 400. The van der Waals surface area contributed by atoms with E-state index in [1.54, 1.807) is 0 Å². The van der Waals surface area contributed by atoms with Gasteiger partial charge in [-0.1, -0.05) is 24.3 Å². The predicted molar refractivity (Wildman–Crippen MR) is 79.8 cm³/mol. The van der Waals surface area contributed by atoms with Crippen LogP contribution in [-0.4, -0.2) is 49.5 Å². The van der Waals surface area contributed by atoms with Gasteiger partial charge in [-0.3, -0.25) is 4.90 Å². The van der Waals surface area contributed by atoms with Gasteiger partial charge < -0.3 is 15.3 Å². The summed E-state index contributed by atoms with van der Waals surface area (Å²) in [5.41, 5.74) is 8.35. The fourth-order valence-corrected chi connectivity index (χ4v) is 2.42. The molecule has 1 aliphatic rings. The van der Waals surface area contributed by atoms with Gasteiger partial charge in [0.15, 0.2) is 0 Å². The van der Waals surface area contributed by atoms with E-state index in [-0.39, 0.29) is 6.04 Å². The molecule has 4 nitrogen and oxygen atoms in total. The summed E-state index contributed by atoms with van der Waals surface area (Å²) in [7, 11) is 0.566. The van der Waals surface area contributed by atoms with Crippen LogP contribution in [0, 0.1) is 0 Å². The number of nitrogens with zero attached hydrogens (tertiary/aromatic N) is 2. The van der Waals surface area contributed by atoms with Crippen LogP contribution in [0.2, 0.25) is 0 Å². The van der Waals surface area contributed by atoms with E-state index in [2.05, 4.69) is 34.0 Å². The van der Waals surface area contributed by atoms with Crippen molar-refractivity contribution in [1.29, 1.82) is 0 Å². The van der Waals surface area contributed by atoms with Crippen molar-refractivity contribution in [1.82, 2.24) is 9.71 Å².